The minimum atomic E-state index is 0. The van der Waals surface area contributed by atoms with Gasteiger partial charge in [-0.3, -0.25) is 4.79 Å². The maximum atomic E-state index is 11.6. The molecule has 3 nitrogen and oxygen atoms in total. The van der Waals surface area contributed by atoms with Crippen LogP contribution >= 0.6 is 24.2 Å². The van der Waals surface area contributed by atoms with Crippen LogP contribution in [0.5, 0.6) is 0 Å². The van der Waals surface area contributed by atoms with E-state index in [1.807, 2.05) is 13.2 Å². The number of piperidine rings is 1. The normalized spacial score (nSPS) is 27.7. The summed E-state index contributed by atoms with van der Waals surface area (Å²) in [4.78, 5) is 11.6. The average molecular weight is 253 g/mol. The second-order valence-electron chi connectivity index (χ2n) is 3.96. The standard InChI is InChI=1S/C10H20N2OS.ClH/c1-7-6-9(4-5-11-7)12-10(13)8(2)14-3;/h7-9,11H,4-6H2,1-3H3,(H,12,13);1H. The lowest BCUT2D eigenvalue weighted by atomic mass is 10.0. The van der Waals surface area contributed by atoms with Crippen LogP contribution in [0.1, 0.15) is 26.7 Å². The second-order valence-corrected chi connectivity index (χ2v) is 5.14. The molecule has 1 heterocycles. The molecule has 1 fully saturated rings. The van der Waals surface area contributed by atoms with Gasteiger partial charge in [0, 0.05) is 12.1 Å². The molecule has 0 aromatic heterocycles. The van der Waals surface area contributed by atoms with Gasteiger partial charge in [-0.2, -0.15) is 11.8 Å². The molecular formula is C10H21ClN2OS. The fourth-order valence-electron chi connectivity index (χ4n) is 1.69. The Morgan fingerprint density at radius 1 is 1.60 bits per heavy atom. The molecule has 1 amide bonds. The maximum Gasteiger partial charge on any atom is 0.233 e. The van der Waals surface area contributed by atoms with E-state index in [2.05, 4.69) is 17.6 Å². The third kappa shape index (κ3) is 5.09. The lowest BCUT2D eigenvalue weighted by molar-refractivity contribution is -0.121. The molecule has 90 valence electrons. The molecule has 0 spiro atoms. The monoisotopic (exact) mass is 252 g/mol. The molecule has 3 unspecified atom stereocenters. The Bertz CT molecular complexity index is 204. The van der Waals surface area contributed by atoms with Crippen molar-refractivity contribution in [2.24, 2.45) is 0 Å². The van der Waals surface area contributed by atoms with Crippen molar-refractivity contribution in [1.29, 1.82) is 0 Å². The number of rotatable bonds is 3. The topological polar surface area (TPSA) is 41.1 Å². The van der Waals surface area contributed by atoms with Crippen LogP contribution in [0.25, 0.3) is 0 Å². The summed E-state index contributed by atoms with van der Waals surface area (Å²) in [5.41, 5.74) is 0. The van der Waals surface area contributed by atoms with Crippen LogP contribution in [-0.2, 0) is 4.79 Å². The Morgan fingerprint density at radius 2 is 2.27 bits per heavy atom. The van der Waals surface area contributed by atoms with E-state index in [0.29, 0.717) is 12.1 Å². The molecule has 0 radical (unpaired) electrons. The molecule has 0 saturated carbocycles. The van der Waals surface area contributed by atoms with E-state index < -0.39 is 0 Å². The van der Waals surface area contributed by atoms with Gasteiger partial charge in [-0.25, -0.2) is 0 Å². The third-order valence-corrected chi connectivity index (χ3v) is 3.61. The first-order valence-corrected chi connectivity index (χ1v) is 6.49. The van der Waals surface area contributed by atoms with E-state index in [-0.39, 0.29) is 23.6 Å². The molecule has 0 aromatic rings. The van der Waals surface area contributed by atoms with Gasteiger partial charge in [0.15, 0.2) is 0 Å². The molecule has 15 heavy (non-hydrogen) atoms. The van der Waals surface area contributed by atoms with Gasteiger partial charge in [0.25, 0.3) is 0 Å². The highest BCUT2D eigenvalue weighted by atomic mass is 35.5. The van der Waals surface area contributed by atoms with Crippen LogP contribution in [0, 0.1) is 0 Å². The van der Waals surface area contributed by atoms with Crippen molar-refractivity contribution in [3.8, 4) is 0 Å². The zero-order chi connectivity index (χ0) is 10.6. The predicted molar refractivity (Wildman–Crippen MR) is 68.9 cm³/mol. The highest BCUT2D eigenvalue weighted by Gasteiger charge is 2.21. The van der Waals surface area contributed by atoms with Gasteiger partial charge in [0.1, 0.15) is 0 Å². The van der Waals surface area contributed by atoms with Gasteiger partial charge in [-0.05, 0) is 39.5 Å². The van der Waals surface area contributed by atoms with Gasteiger partial charge < -0.3 is 10.6 Å². The number of hydrogen-bond acceptors (Lipinski definition) is 3. The summed E-state index contributed by atoms with van der Waals surface area (Å²) in [5.74, 6) is 0.177. The molecule has 0 bridgehead atoms. The van der Waals surface area contributed by atoms with E-state index in [1.165, 1.54) is 0 Å². The minimum Gasteiger partial charge on any atom is -0.352 e. The molecule has 1 rings (SSSR count). The first-order valence-electron chi connectivity index (χ1n) is 5.20. The Labute approximate surface area is 103 Å². The number of carbonyl (C=O) groups excluding carboxylic acids is 1. The van der Waals surface area contributed by atoms with E-state index in [4.69, 9.17) is 0 Å². The fourth-order valence-corrected chi connectivity index (χ4v) is 1.97. The molecule has 1 aliphatic heterocycles. The van der Waals surface area contributed by atoms with Crippen molar-refractivity contribution < 1.29 is 4.79 Å². The predicted octanol–water partition coefficient (Wildman–Crippen LogP) is 1.42. The number of hydrogen-bond donors (Lipinski definition) is 2. The summed E-state index contributed by atoms with van der Waals surface area (Å²) in [6, 6.07) is 0.895. The lowest BCUT2D eigenvalue weighted by Gasteiger charge is -2.29. The summed E-state index contributed by atoms with van der Waals surface area (Å²) >= 11 is 1.59. The van der Waals surface area contributed by atoms with E-state index >= 15 is 0 Å². The highest BCUT2D eigenvalue weighted by molar-refractivity contribution is 7.99. The third-order valence-electron chi connectivity index (χ3n) is 2.69. The smallest absolute Gasteiger partial charge is 0.233 e. The highest BCUT2D eigenvalue weighted by Crippen LogP contribution is 2.10. The van der Waals surface area contributed by atoms with Crippen molar-refractivity contribution in [3.05, 3.63) is 0 Å². The van der Waals surface area contributed by atoms with Gasteiger partial charge >= 0.3 is 0 Å². The van der Waals surface area contributed by atoms with Gasteiger partial charge in [-0.1, -0.05) is 0 Å². The first-order chi connectivity index (χ1) is 6.63. The Balaban J connectivity index is 0.00000196. The number of carbonyl (C=O) groups is 1. The summed E-state index contributed by atoms with van der Waals surface area (Å²) < 4.78 is 0. The largest absolute Gasteiger partial charge is 0.352 e. The van der Waals surface area contributed by atoms with Crippen LogP contribution < -0.4 is 10.6 Å². The molecule has 1 saturated heterocycles. The molecule has 2 N–H and O–H groups in total. The summed E-state index contributed by atoms with van der Waals surface area (Å²) in [7, 11) is 0. The van der Waals surface area contributed by atoms with Gasteiger partial charge in [0.2, 0.25) is 5.91 Å². The number of amides is 1. The maximum absolute atomic E-state index is 11.6. The van der Waals surface area contributed by atoms with Crippen LogP contribution in [0.4, 0.5) is 0 Å². The van der Waals surface area contributed by atoms with Crippen LogP contribution in [-0.4, -0.2) is 36.0 Å². The molecule has 3 atom stereocenters. The summed E-state index contributed by atoms with van der Waals surface area (Å²) in [6.45, 7) is 5.13. The number of halogens is 1. The number of nitrogens with one attached hydrogen (secondary N) is 2. The second kappa shape index (κ2) is 7.36. The zero-order valence-corrected chi connectivity index (χ0v) is 11.2. The van der Waals surface area contributed by atoms with Crippen molar-refractivity contribution >= 4 is 30.1 Å². The Kier molecular flexibility index (Phi) is 7.40. The minimum absolute atomic E-state index is 0. The SMILES string of the molecule is CSC(C)C(=O)NC1CCNC(C)C1.Cl. The molecule has 0 aromatic carbocycles. The van der Waals surface area contributed by atoms with Gasteiger partial charge in [0.05, 0.1) is 5.25 Å². The first kappa shape index (κ1) is 15.1. The van der Waals surface area contributed by atoms with Crippen LogP contribution in [0.3, 0.4) is 0 Å². The van der Waals surface area contributed by atoms with Crippen molar-refractivity contribution in [1.82, 2.24) is 10.6 Å². The molecular weight excluding hydrogens is 232 g/mol. The molecule has 0 aliphatic carbocycles. The quantitative estimate of drug-likeness (QED) is 0.798. The lowest BCUT2D eigenvalue weighted by Crippen LogP contribution is -2.48. The number of thioether (sulfide) groups is 1. The Morgan fingerprint density at radius 3 is 2.80 bits per heavy atom. The van der Waals surface area contributed by atoms with E-state index in [9.17, 15) is 4.79 Å². The average Bonchev–Trinajstić information content (AvgIpc) is 2.16. The Hall–Kier alpha value is 0.0700. The molecule has 1 aliphatic rings. The van der Waals surface area contributed by atoms with Crippen LogP contribution in [0.15, 0.2) is 0 Å². The summed E-state index contributed by atoms with van der Waals surface area (Å²) in [6.07, 6.45) is 4.07. The summed E-state index contributed by atoms with van der Waals surface area (Å²) in [5, 5.41) is 6.54. The fraction of sp³-hybridized carbons (Fsp3) is 0.900. The van der Waals surface area contributed by atoms with Crippen molar-refractivity contribution in [2.75, 3.05) is 12.8 Å². The van der Waals surface area contributed by atoms with Crippen molar-refractivity contribution in [3.63, 3.8) is 0 Å². The molecule has 5 heteroatoms. The van der Waals surface area contributed by atoms with E-state index in [0.717, 1.165) is 19.4 Å². The zero-order valence-electron chi connectivity index (χ0n) is 9.58. The van der Waals surface area contributed by atoms with Gasteiger partial charge in [-0.15, -0.1) is 12.4 Å². The van der Waals surface area contributed by atoms with Crippen molar-refractivity contribution in [2.45, 2.75) is 44.0 Å². The van der Waals surface area contributed by atoms with Crippen LogP contribution in [0.2, 0.25) is 0 Å². The van der Waals surface area contributed by atoms with E-state index in [1.54, 1.807) is 11.8 Å².